The largest absolute Gasteiger partial charge is 0.372 e. The zero-order chi connectivity index (χ0) is 14.0. The Morgan fingerprint density at radius 1 is 1.32 bits per heavy atom. The predicted molar refractivity (Wildman–Crippen MR) is 73.7 cm³/mol. The van der Waals surface area contributed by atoms with Crippen molar-refractivity contribution >= 4 is 11.7 Å². The van der Waals surface area contributed by atoms with Crippen molar-refractivity contribution < 1.29 is 4.79 Å². The highest BCUT2D eigenvalue weighted by atomic mass is 16.2. The van der Waals surface area contributed by atoms with Gasteiger partial charge in [-0.3, -0.25) is 14.7 Å². The van der Waals surface area contributed by atoms with E-state index in [1.807, 2.05) is 27.9 Å². The summed E-state index contributed by atoms with van der Waals surface area (Å²) in [6.07, 6.45) is 3.46. The third-order valence-corrected chi connectivity index (χ3v) is 3.68. The fraction of sp³-hybridized carbons (Fsp3) is 0.615. The van der Waals surface area contributed by atoms with Gasteiger partial charge in [0.1, 0.15) is 5.82 Å². The van der Waals surface area contributed by atoms with Gasteiger partial charge >= 0.3 is 0 Å². The van der Waals surface area contributed by atoms with Crippen molar-refractivity contribution in [2.24, 2.45) is 0 Å². The van der Waals surface area contributed by atoms with Crippen LogP contribution in [0.2, 0.25) is 0 Å². The van der Waals surface area contributed by atoms with Crippen LogP contribution in [0, 0.1) is 0 Å². The van der Waals surface area contributed by atoms with Crippen molar-refractivity contribution in [3.63, 3.8) is 0 Å². The quantitative estimate of drug-likeness (QED) is 0.864. The molecule has 1 N–H and O–H groups in total. The van der Waals surface area contributed by atoms with Crippen molar-refractivity contribution in [2.75, 3.05) is 32.5 Å². The molecule has 1 aromatic rings. The molecule has 0 spiro atoms. The van der Waals surface area contributed by atoms with Gasteiger partial charge in [0.2, 0.25) is 5.91 Å². The third-order valence-electron chi connectivity index (χ3n) is 3.68. The van der Waals surface area contributed by atoms with Crippen molar-refractivity contribution in [3.05, 3.63) is 18.1 Å². The lowest BCUT2D eigenvalue weighted by atomic mass is 9.97. The summed E-state index contributed by atoms with van der Waals surface area (Å²) >= 11 is 0. The molecule has 1 aliphatic rings. The summed E-state index contributed by atoms with van der Waals surface area (Å²) in [7, 11) is 3.66. The van der Waals surface area contributed by atoms with Crippen molar-refractivity contribution in [1.82, 2.24) is 19.8 Å². The zero-order valence-corrected chi connectivity index (χ0v) is 12.0. The number of nitrogens with one attached hydrogen (secondary N) is 1. The first-order valence-corrected chi connectivity index (χ1v) is 6.44. The molecular formula is C13H21N5O. The molecule has 6 nitrogen and oxygen atoms in total. The fourth-order valence-corrected chi connectivity index (χ4v) is 2.29. The molecule has 1 amide bonds. The molecule has 104 valence electrons. The topological polar surface area (TPSA) is 61.4 Å². The molecule has 0 aromatic carbocycles. The molecule has 0 unspecified atom stereocenters. The zero-order valence-electron chi connectivity index (χ0n) is 12.0. The first kappa shape index (κ1) is 13.7. The van der Waals surface area contributed by atoms with E-state index in [0.717, 1.165) is 24.6 Å². The van der Waals surface area contributed by atoms with Crippen LogP contribution in [0.4, 0.5) is 5.82 Å². The molecule has 19 heavy (non-hydrogen) atoms. The van der Waals surface area contributed by atoms with Gasteiger partial charge in [-0.05, 0) is 13.8 Å². The van der Waals surface area contributed by atoms with Crippen LogP contribution in [0.1, 0.15) is 19.5 Å². The molecule has 2 rings (SSSR count). The Kier molecular flexibility index (Phi) is 3.71. The normalized spacial score (nSPS) is 19.6. The van der Waals surface area contributed by atoms with Crippen LogP contribution in [0.5, 0.6) is 0 Å². The van der Waals surface area contributed by atoms with E-state index >= 15 is 0 Å². The third kappa shape index (κ3) is 2.68. The number of nitrogens with zero attached hydrogens (tertiary/aromatic N) is 4. The van der Waals surface area contributed by atoms with E-state index in [1.165, 1.54) is 0 Å². The maximum absolute atomic E-state index is 12.2. The van der Waals surface area contributed by atoms with Crippen molar-refractivity contribution in [1.29, 1.82) is 0 Å². The molecule has 0 aliphatic carbocycles. The highest BCUT2D eigenvalue weighted by molar-refractivity contribution is 5.86. The number of amides is 1. The molecule has 1 aromatic heterocycles. The smallest absolute Gasteiger partial charge is 0.242 e. The van der Waals surface area contributed by atoms with Gasteiger partial charge in [-0.15, -0.1) is 0 Å². The van der Waals surface area contributed by atoms with Gasteiger partial charge in [0.05, 0.1) is 23.6 Å². The van der Waals surface area contributed by atoms with Crippen LogP contribution in [0.25, 0.3) is 0 Å². The minimum absolute atomic E-state index is 0.151. The first-order valence-electron chi connectivity index (χ1n) is 6.44. The van der Waals surface area contributed by atoms with Gasteiger partial charge in [0.25, 0.3) is 0 Å². The van der Waals surface area contributed by atoms with E-state index in [2.05, 4.69) is 20.2 Å². The molecule has 2 heterocycles. The molecule has 1 aliphatic heterocycles. The molecule has 0 atom stereocenters. The number of piperazine rings is 1. The van der Waals surface area contributed by atoms with Crippen LogP contribution in [0.3, 0.4) is 0 Å². The van der Waals surface area contributed by atoms with Crippen LogP contribution in [0.15, 0.2) is 12.4 Å². The molecule has 0 saturated carbocycles. The first-order chi connectivity index (χ1) is 8.95. The van der Waals surface area contributed by atoms with E-state index in [0.29, 0.717) is 6.54 Å². The summed E-state index contributed by atoms with van der Waals surface area (Å²) in [5.41, 5.74) is 0.389. The second-order valence-corrected chi connectivity index (χ2v) is 5.35. The lowest BCUT2D eigenvalue weighted by molar-refractivity contribution is -0.147. The Labute approximate surface area is 113 Å². The van der Waals surface area contributed by atoms with E-state index < -0.39 is 5.54 Å². The summed E-state index contributed by atoms with van der Waals surface area (Å²) in [6.45, 7) is 6.17. The average molecular weight is 263 g/mol. The highest BCUT2D eigenvalue weighted by Crippen LogP contribution is 2.23. The SMILES string of the molecule is CNc1cnc(CN2CCN(C)C(=O)C2(C)C)cn1. The van der Waals surface area contributed by atoms with Crippen LogP contribution in [-0.2, 0) is 11.3 Å². The summed E-state index contributed by atoms with van der Waals surface area (Å²) in [6, 6.07) is 0. The van der Waals surface area contributed by atoms with Gasteiger partial charge < -0.3 is 10.2 Å². The molecule has 6 heteroatoms. The number of anilines is 1. The second kappa shape index (κ2) is 5.13. The predicted octanol–water partition coefficient (Wildman–Crippen LogP) is 0.571. The summed E-state index contributed by atoms with van der Waals surface area (Å²) in [5, 5.41) is 2.94. The highest BCUT2D eigenvalue weighted by Gasteiger charge is 2.40. The van der Waals surface area contributed by atoms with Crippen LogP contribution in [-0.4, -0.2) is 58.4 Å². The van der Waals surface area contributed by atoms with E-state index in [1.54, 1.807) is 17.3 Å². The number of hydrogen-bond donors (Lipinski definition) is 1. The molecule has 1 saturated heterocycles. The van der Waals surface area contributed by atoms with Gasteiger partial charge in [0, 0.05) is 33.7 Å². The van der Waals surface area contributed by atoms with Gasteiger partial charge in [0.15, 0.2) is 0 Å². The van der Waals surface area contributed by atoms with Crippen LogP contribution >= 0.6 is 0 Å². The van der Waals surface area contributed by atoms with E-state index in [4.69, 9.17) is 0 Å². The summed E-state index contributed by atoms with van der Waals surface area (Å²) < 4.78 is 0. The van der Waals surface area contributed by atoms with Gasteiger partial charge in [-0.1, -0.05) is 0 Å². The Balaban J connectivity index is 2.11. The van der Waals surface area contributed by atoms with Crippen molar-refractivity contribution in [3.8, 4) is 0 Å². The van der Waals surface area contributed by atoms with Crippen molar-refractivity contribution in [2.45, 2.75) is 25.9 Å². The van der Waals surface area contributed by atoms with E-state index in [9.17, 15) is 4.79 Å². The second-order valence-electron chi connectivity index (χ2n) is 5.35. The molecule has 0 bridgehead atoms. The number of rotatable bonds is 3. The maximum Gasteiger partial charge on any atom is 0.242 e. The number of aromatic nitrogens is 2. The molecule has 1 fully saturated rings. The number of likely N-dealkylation sites (N-methyl/N-ethyl adjacent to an activating group) is 1. The number of carbonyl (C=O) groups excluding carboxylic acids is 1. The Morgan fingerprint density at radius 3 is 2.63 bits per heavy atom. The lowest BCUT2D eigenvalue weighted by Gasteiger charge is -2.44. The Hall–Kier alpha value is -1.69. The molecule has 0 radical (unpaired) electrons. The molecular weight excluding hydrogens is 242 g/mol. The fourth-order valence-electron chi connectivity index (χ4n) is 2.29. The summed E-state index contributed by atoms with van der Waals surface area (Å²) in [4.78, 5) is 24.7. The standard InChI is InChI=1S/C13H21N5O/c1-13(2)12(19)17(4)5-6-18(13)9-10-7-16-11(14-3)8-15-10/h7-8H,5-6,9H2,1-4H3,(H,14,16). The van der Waals surface area contributed by atoms with E-state index in [-0.39, 0.29) is 5.91 Å². The Bertz CT molecular complexity index is 457. The monoisotopic (exact) mass is 263 g/mol. The Morgan fingerprint density at radius 2 is 2.05 bits per heavy atom. The maximum atomic E-state index is 12.2. The van der Waals surface area contributed by atoms with Gasteiger partial charge in [-0.2, -0.15) is 0 Å². The minimum atomic E-state index is -0.490. The van der Waals surface area contributed by atoms with Crippen LogP contribution < -0.4 is 5.32 Å². The number of hydrogen-bond acceptors (Lipinski definition) is 5. The summed E-state index contributed by atoms with van der Waals surface area (Å²) in [5.74, 6) is 0.899. The lowest BCUT2D eigenvalue weighted by Crippen LogP contribution is -2.61. The van der Waals surface area contributed by atoms with Gasteiger partial charge in [-0.25, -0.2) is 4.98 Å². The number of carbonyl (C=O) groups is 1. The average Bonchev–Trinajstić information content (AvgIpc) is 2.41. The minimum Gasteiger partial charge on any atom is -0.372 e.